The van der Waals surface area contributed by atoms with E-state index in [-0.39, 0.29) is 11.2 Å². The molecular weight excluding hydrogens is 264 g/mol. The molecular formula is C13H16N2O5. The van der Waals surface area contributed by atoms with Crippen LogP contribution < -0.4 is 5.32 Å². The van der Waals surface area contributed by atoms with Crippen LogP contribution in [0, 0.1) is 10.1 Å². The minimum Gasteiger partial charge on any atom is -0.502 e. The molecule has 2 N–H and O–H groups in total. The zero-order valence-corrected chi connectivity index (χ0v) is 11.1. The van der Waals surface area contributed by atoms with Crippen molar-refractivity contribution in [2.45, 2.75) is 24.9 Å². The second kappa shape index (κ2) is 5.46. The summed E-state index contributed by atoms with van der Waals surface area (Å²) in [7, 11) is 1.61. The fourth-order valence-electron chi connectivity index (χ4n) is 2.19. The number of amides is 1. The van der Waals surface area contributed by atoms with Gasteiger partial charge in [-0.25, -0.2) is 0 Å². The zero-order chi connectivity index (χ0) is 14.8. The first-order valence-corrected chi connectivity index (χ1v) is 6.28. The molecule has 1 aromatic carbocycles. The summed E-state index contributed by atoms with van der Waals surface area (Å²) in [6.45, 7) is 0.389. The van der Waals surface area contributed by atoms with Crippen molar-refractivity contribution in [2.24, 2.45) is 0 Å². The third kappa shape index (κ3) is 2.72. The number of nitrogens with one attached hydrogen (secondary N) is 1. The van der Waals surface area contributed by atoms with Crippen LogP contribution in [-0.2, 0) is 4.74 Å². The number of nitrogens with zero attached hydrogens (tertiary/aromatic N) is 1. The van der Waals surface area contributed by atoms with Crippen LogP contribution in [0.3, 0.4) is 0 Å². The Hall–Kier alpha value is -2.15. The molecule has 1 aliphatic rings. The lowest BCUT2D eigenvalue weighted by Gasteiger charge is -2.40. The van der Waals surface area contributed by atoms with Gasteiger partial charge in [-0.2, -0.15) is 0 Å². The number of aromatic hydroxyl groups is 1. The van der Waals surface area contributed by atoms with E-state index in [0.29, 0.717) is 6.54 Å². The van der Waals surface area contributed by atoms with Gasteiger partial charge in [0.1, 0.15) is 0 Å². The van der Waals surface area contributed by atoms with Gasteiger partial charge in [0, 0.05) is 25.3 Å². The lowest BCUT2D eigenvalue weighted by molar-refractivity contribution is -0.385. The van der Waals surface area contributed by atoms with Crippen molar-refractivity contribution in [2.75, 3.05) is 13.7 Å². The summed E-state index contributed by atoms with van der Waals surface area (Å²) >= 11 is 0. The Bertz CT molecular complexity index is 534. The summed E-state index contributed by atoms with van der Waals surface area (Å²) in [6.07, 6.45) is 2.87. The second-order valence-electron chi connectivity index (χ2n) is 4.88. The number of carbonyl (C=O) groups excluding carboxylic acids is 1. The first kappa shape index (κ1) is 14.3. The van der Waals surface area contributed by atoms with Crippen LogP contribution in [0.4, 0.5) is 5.69 Å². The lowest BCUT2D eigenvalue weighted by atomic mass is 9.80. The molecule has 0 atom stereocenters. The number of nitro benzene ring substituents is 1. The average Bonchev–Trinajstić information content (AvgIpc) is 2.37. The molecule has 1 aliphatic carbocycles. The molecule has 1 aromatic rings. The normalized spacial score (nSPS) is 16.2. The highest BCUT2D eigenvalue weighted by atomic mass is 16.6. The molecule has 0 unspecified atom stereocenters. The summed E-state index contributed by atoms with van der Waals surface area (Å²) in [5.41, 5.74) is -0.536. The van der Waals surface area contributed by atoms with Crippen LogP contribution in [-0.4, -0.2) is 35.2 Å². The monoisotopic (exact) mass is 280 g/mol. The number of phenols is 1. The molecule has 0 heterocycles. The maximum atomic E-state index is 11.9. The molecule has 0 aliphatic heterocycles. The molecule has 0 radical (unpaired) electrons. The quantitative estimate of drug-likeness (QED) is 0.630. The van der Waals surface area contributed by atoms with Gasteiger partial charge in [0.05, 0.1) is 10.5 Å². The van der Waals surface area contributed by atoms with E-state index < -0.39 is 22.3 Å². The highest BCUT2D eigenvalue weighted by Gasteiger charge is 2.37. The SMILES string of the molecule is COC1(CNC(=O)c2ccc([N+](=O)[O-])c(O)c2)CCC1. The molecule has 0 saturated heterocycles. The van der Waals surface area contributed by atoms with Crippen LogP contribution in [0.1, 0.15) is 29.6 Å². The van der Waals surface area contributed by atoms with Crippen molar-refractivity contribution in [1.82, 2.24) is 5.32 Å². The molecule has 1 saturated carbocycles. The van der Waals surface area contributed by atoms with Gasteiger partial charge in [-0.15, -0.1) is 0 Å². The number of benzene rings is 1. The maximum Gasteiger partial charge on any atom is 0.310 e. The summed E-state index contributed by atoms with van der Waals surface area (Å²) in [5, 5.41) is 22.8. The Labute approximate surface area is 115 Å². The Balaban J connectivity index is 2.02. The molecule has 0 spiro atoms. The number of methoxy groups -OCH3 is 1. The van der Waals surface area contributed by atoms with Gasteiger partial charge in [0.25, 0.3) is 5.91 Å². The molecule has 7 nitrogen and oxygen atoms in total. The molecule has 1 fully saturated rings. The topological polar surface area (TPSA) is 102 Å². The Morgan fingerprint density at radius 3 is 2.70 bits per heavy atom. The van der Waals surface area contributed by atoms with Crippen molar-refractivity contribution in [3.8, 4) is 5.75 Å². The summed E-state index contributed by atoms with van der Waals surface area (Å²) < 4.78 is 5.38. The predicted molar refractivity (Wildman–Crippen MR) is 70.7 cm³/mol. The zero-order valence-electron chi connectivity index (χ0n) is 11.1. The van der Waals surface area contributed by atoms with Crippen LogP contribution in [0.5, 0.6) is 5.75 Å². The van der Waals surface area contributed by atoms with Gasteiger partial charge in [-0.05, 0) is 31.4 Å². The third-order valence-electron chi connectivity index (χ3n) is 3.70. The number of nitro groups is 1. The van der Waals surface area contributed by atoms with Crippen molar-refractivity contribution < 1.29 is 19.6 Å². The molecule has 2 rings (SSSR count). The largest absolute Gasteiger partial charge is 0.502 e. The number of ether oxygens (including phenoxy) is 1. The van der Waals surface area contributed by atoms with Crippen molar-refractivity contribution >= 4 is 11.6 Å². The Morgan fingerprint density at radius 2 is 2.25 bits per heavy atom. The number of phenolic OH excluding ortho intramolecular Hbond substituents is 1. The number of hydrogen-bond acceptors (Lipinski definition) is 5. The van der Waals surface area contributed by atoms with E-state index >= 15 is 0 Å². The molecule has 20 heavy (non-hydrogen) atoms. The highest BCUT2D eigenvalue weighted by molar-refractivity contribution is 5.95. The van der Waals surface area contributed by atoms with E-state index in [0.717, 1.165) is 31.4 Å². The molecule has 0 bridgehead atoms. The van der Waals surface area contributed by atoms with Crippen molar-refractivity contribution in [3.05, 3.63) is 33.9 Å². The minimum atomic E-state index is -0.703. The number of hydrogen-bond donors (Lipinski definition) is 2. The number of rotatable bonds is 5. The molecule has 1 amide bonds. The van der Waals surface area contributed by atoms with Crippen molar-refractivity contribution in [1.29, 1.82) is 0 Å². The molecule has 0 aromatic heterocycles. The van der Waals surface area contributed by atoms with Crippen molar-refractivity contribution in [3.63, 3.8) is 0 Å². The average molecular weight is 280 g/mol. The molecule has 108 valence electrons. The van der Waals surface area contributed by atoms with Crippen LogP contribution in [0.15, 0.2) is 18.2 Å². The van der Waals surface area contributed by atoms with Gasteiger partial charge in [-0.3, -0.25) is 14.9 Å². The lowest BCUT2D eigenvalue weighted by Crippen LogP contribution is -2.49. The summed E-state index contributed by atoms with van der Waals surface area (Å²) in [4.78, 5) is 21.8. The summed E-state index contributed by atoms with van der Waals surface area (Å²) in [5.74, 6) is -0.911. The van der Waals surface area contributed by atoms with Gasteiger partial charge >= 0.3 is 5.69 Å². The van der Waals surface area contributed by atoms with E-state index in [1.54, 1.807) is 7.11 Å². The predicted octanol–water partition coefficient (Wildman–Crippen LogP) is 1.60. The van der Waals surface area contributed by atoms with Gasteiger partial charge in [0.2, 0.25) is 0 Å². The fraction of sp³-hybridized carbons (Fsp3) is 0.462. The van der Waals surface area contributed by atoms with Crippen LogP contribution in [0.2, 0.25) is 0 Å². The maximum absolute atomic E-state index is 11.9. The Morgan fingerprint density at radius 1 is 1.55 bits per heavy atom. The third-order valence-corrected chi connectivity index (χ3v) is 3.70. The minimum absolute atomic E-state index is 0.179. The fourth-order valence-corrected chi connectivity index (χ4v) is 2.19. The molecule has 7 heteroatoms. The van der Waals surface area contributed by atoms with E-state index in [2.05, 4.69) is 5.32 Å². The van der Waals surface area contributed by atoms with Crippen LogP contribution in [0.25, 0.3) is 0 Å². The van der Waals surface area contributed by atoms with E-state index in [1.165, 1.54) is 6.07 Å². The second-order valence-corrected chi connectivity index (χ2v) is 4.88. The highest BCUT2D eigenvalue weighted by Crippen LogP contribution is 2.34. The standard InChI is InChI=1S/C13H16N2O5/c1-20-13(5-2-6-13)8-14-12(17)9-3-4-10(15(18)19)11(16)7-9/h3-4,7,16H,2,5-6,8H2,1H3,(H,14,17). The van der Waals surface area contributed by atoms with Gasteiger partial charge in [-0.1, -0.05) is 0 Å². The van der Waals surface area contributed by atoms with E-state index in [4.69, 9.17) is 4.74 Å². The first-order valence-electron chi connectivity index (χ1n) is 6.28. The first-order chi connectivity index (χ1) is 9.47. The van der Waals surface area contributed by atoms with Crippen LogP contribution >= 0.6 is 0 Å². The smallest absolute Gasteiger partial charge is 0.310 e. The van der Waals surface area contributed by atoms with Gasteiger partial charge in [0.15, 0.2) is 5.75 Å². The summed E-state index contributed by atoms with van der Waals surface area (Å²) in [6, 6.07) is 3.51. The van der Waals surface area contributed by atoms with E-state index in [9.17, 15) is 20.0 Å². The number of carbonyl (C=O) groups is 1. The van der Waals surface area contributed by atoms with Gasteiger partial charge < -0.3 is 15.2 Å². The van der Waals surface area contributed by atoms with E-state index in [1.807, 2.05) is 0 Å². The Kier molecular flexibility index (Phi) is 3.89.